The number of carboxylic acids is 1. The summed E-state index contributed by atoms with van der Waals surface area (Å²) in [4.78, 5) is 36.3. The zero-order chi connectivity index (χ0) is 24.9. The van der Waals surface area contributed by atoms with Gasteiger partial charge in [-0.1, -0.05) is 62.4 Å². The van der Waals surface area contributed by atoms with Crippen LogP contribution in [-0.2, 0) is 14.3 Å². The maximum absolute atomic E-state index is 12.8. The number of hydrogen-bond acceptors (Lipinski definition) is 4. The summed E-state index contributed by atoms with van der Waals surface area (Å²) in [6.45, 7) is 4.70. The number of carboxylic acid groups (broad SMARTS) is 1. The lowest BCUT2D eigenvalue weighted by Gasteiger charge is -2.34. The van der Waals surface area contributed by atoms with Crippen molar-refractivity contribution in [1.29, 1.82) is 0 Å². The van der Waals surface area contributed by atoms with Crippen molar-refractivity contribution < 1.29 is 24.2 Å². The first-order valence-corrected chi connectivity index (χ1v) is 12.4. The van der Waals surface area contributed by atoms with Crippen molar-refractivity contribution in [2.45, 2.75) is 51.5 Å². The first-order valence-electron chi connectivity index (χ1n) is 12.4. The molecule has 1 saturated carbocycles. The Morgan fingerprint density at radius 2 is 1.57 bits per heavy atom. The van der Waals surface area contributed by atoms with Crippen LogP contribution in [0.2, 0.25) is 0 Å². The van der Waals surface area contributed by atoms with Crippen LogP contribution in [0.3, 0.4) is 0 Å². The Balaban J connectivity index is 1.30. The number of carbonyl (C=O) groups excluding carboxylic acids is 2. The topological polar surface area (TPSA) is 105 Å². The van der Waals surface area contributed by atoms with E-state index in [4.69, 9.17) is 9.84 Å². The standard InChI is InChI=1S/C28H34N2O5/c1-17(2)11-25(27(33)29-15-19-12-18(13-19)14-26(31)32)30-28(34)35-16-24-22-9-5-3-7-20(22)21-8-4-6-10-23(21)24/h3-10,17-19,24-25H,11-16H2,1-2H3,(H,29,33)(H,30,34)(H,31,32)/t18?,19?,25-/m1/s1. The second-order valence-electron chi connectivity index (χ2n) is 10.2. The zero-order valence-corrected chi connectivity index (χ0v) is 20.3. The van der Waals surface area contributed by atoms with E-state index in [1.165, 1.54) is 0 Å². The number of ether oxygens (including phenoxy) is 1. The molecule has 3 N–H and O–H groups in total. The summed E-state index contributed by atoms with van der Waals surface area (Å²) in [5.74, 6) is -0.348. The minimum absolute atomic E-state index is 0.0390. The summed E-state index contributed by atoms with van der Waals surface area (Å²) in [6, 6.07) is 15.6. The molecule has 1 atom stereocenters. The molecule has 2 aliphatic carbocycles. The highest BCUT2D eigenvalue weighted by Gasteiger charge is 2.32. The van der Waals surface area contributed by atoms with Crippen molar-refractivity contribution in [3.05, 3.63) is 59.7 Å². The Morgan fingerprint density at radius 1 is 0.971 bits per heavy atom. The van der Waals surface area contributed by atoms with Crippen LogP contribution in [0.15, 0.2) is 48.5 Å². The van der Waals surface area contributed by atoms with E-state index < -0.39 is 18.1 Å². The van der Waals surface area contributed by atoms with Crippen LogP contribution in [0.5, 0.6) is 0 Å². The number of aliphatic carboxylic acids is 1. The van der Waals surface area contributed by atoms with Gasteiger partial charge in [-0.25, -0.2) is 4.79 Å². The van der Waals surface area contributed by atoms with Crippen molar-refractivity contribution in [2.24, 2.45) is 17.8 Å². The normalized spacial score (nSPS) is 19.3. The summed E-state index contributed by atoms with van der Waals surface area (Å²) >= 11 is 0. The van der Waals surface area contributed by atoms with Gasteiger partial charge in [0.05, 0.1) is 0 Å². The van der Waals surface area contributed by atoms with Crippen molar-refractivity contribution in [2.75, 3.05) is 13.2 Å². The van der Waals surface area contributed by atoms with E-state index in [1.807, 2.05) is 38.1 Å². The third kappa shape index (κ3) is 6.02. The van der Waals surface area contributed by atoms with Crippen LogP contribution < -0.4 is 10.6 Å². The predicted octanol–water partition coefficient (Wildman–Crippen LogP) is 4.56. The highest BCUT2D eigenvalue weighted by molar-refractivity contribution is 5.85. The number of rotatable bonds is 10. The molecule has 0 radical (unpaired) electrons. The molecule has 0 aliphatic heterocycles. The molecule has 0 saturated heterocycles. The van der Waals surface area contributed by atoms with E-state index in [9.17, 15) is 14.4 Å². The molecule has 186 valence electrons. The lowest BCUT2D eigenvalue weighted by molar-refractivity contribution is -0.139. The molecular formula is C28H34N2O5. The fourth-order valence-corrected chi connectivity index (χ4v) is 5.31. The number of fused-ring (bicyclic) bond motifs is 3. The molecule has 2 aromatic rings. The first-order chi connectivity index (χ1) is 16.8. The second-order valence-corrected chi connectivity index (χ2v) is 10.2. The van der Waals surface area contributed by atoms with Gasteiger partial charge in [0.2, 0.25) is 5.91 Å². The van der Waals surface area contributed by atoms with Crippen LogP contribution in [-0.4, -0.2) is 42.3 Å². The SMILES string of the molecule is CC(C)C[C@@H](NC(=O)OCC1c2ccccc2-c2ccccc21)C(=O)NCC1CC(CC(=O)O)C1. The smallest absolute Gasteiger partial charge is 0.407 e. The number of benzene rings is 2. The summed E-state index contributed by atoms with van der Waals surface area (Å²) < 4.78 is 5.63. The molecule has 2 aliphatic rings. The van der Waals surface area contributed by atoms with Crippen LogP contribution in [0.4, 0.5) is 4.79 Å². The number of carbonyl (C=O) groups is 3. The van der Waals surface area contributed by atoms with Gasteiger partial charge in [-0.3, -0.25) is 9.59 Å². The van der Waals surface area contributed by atoms with E-state index >= 15 is 0 Å². The van der Waals surface area contributed by atoms with E-state index in [-0.39, 0.29) is 42.6 Å². The predicted molar refractivity (Wildman–Crippen MR) is 133 cm³/mol. The first kappa shape index (κ1) is 24.8. The molecule has 0 spiro atoms. The van der Waals surface area contributed by atoms with Crippen molar-refractivity contribution in [3.8, 4) is 11.1 Å². The number of nitrogens with one attached hydrogen (secondary N) is 2. The summed E-state index contributed by atoms with van der Waals surface area (Å²) in [5.41, 5.74) is 4.60. The average Bonchev–Trinajstić information content (AvgIpc) is 3.11. The highest BCUT2D eigenvalue weighted by atomic mass is 16.5. The Kier molecular flexibility index (Phi) is 7.73. The molecule has 0 unspecified atom stereocenters. The van der Waals surface area contributed by atoms with Crippen molar-refractivity contribution in [1.82, 2.24) is 10.6 Å². The Hall–Kier alpha value is -3.35. The highest BCUT2D eigenvalue weighted by Crippen LogP contribution is 2.44. The molecule has 0 aromatic heterocycles. The van der Waals surface area contributed by atoms with Crippen LogP contribution in [0.1, 0.15) is 56.6 Å². The van der Waals surface area contributed by atoms with Gasteiger partial charge in [-0.15, -0.1) is 0 Å². The molecule has 0 bridgehead atoms. The Labute approximate surface area is 206 Å². The lowest BCUT2D eigenvalue weighted by atomic mass is 9.73. The molecular weight excluding hydrogens is 444 g/mol. The quantitative estimate of drug-likeness (QED) is 0.464. The third-order valence-corrected chi connectivity index (χ3v) is 7.02. The average molecular weight is 479 g/mol. The van der Waals surface area contributed by atoms with Gasteiger partial charge in [0.1, 0.15) is 12.6 Å². The summed E-state index contributed by atoms with van der Waals surface area (Å²) in [7, 11) is 0. The van der Waals surface area contributed by atoms with E-state index in [0.29, 0.717) is 13.0 Å². The largest absolute Gasteiger partial charge is 0.481 e. The maximum Gasteiger partial charge on any atom is 0.407 e. The van der Waals surface area contributed by atoms with Crippen LogP contribution in [0, 0.1) is 17.8 Å². The van der Waals surface area contributed by atoms with Gasteiger partial charge >= 0.3 is 12.1 Å². The molecule has 1 fully saturated rings. The summed E-state index contributed by atoms with van der Waals surface area (Å²) in [5, 5.41) is 14.6. The molecule has 2 amide bonds. The van der Waals surface area contributed by atoms with Gasteiger partial charge in [0, 0.05) is 18.9 Å². The van der Waals surface area contributed by atoms with Crippen molar-refractivity contribution in [3.63, 3.8) is 0 Å². The van der Waals surface area contributed by atoms with Crippen LogP contribution in [0.25, 0.3) is 11.1 Å². The number of amides is 2. The van der Waals surface area contributed by atoms with Gasteiger partial charge in [-0.05, 0) is 59.3 Å². The Bertz CT molecular complexity index is 1030. The van der Waals surface area contributed by atoms with E-state index in [2.05, 4.69) is 34.9 Å². The zero-order valence-electron chi connectivity index (χ0n) is 20.3. The maximum atomic E-state index is 12.8. The minimum Gasteiger partial charge on any atom is -0.481 e. The fraction of sp³-hybridized carbons (Fsp3) is 0.464. The second kappa shape index (κ2) is 10.9. The molecule has 2 aromatic carbocycles. The minimum atomic E-state index is -0.776. The molecule has 0 heterocycles. The van der Waals surface area contributed by atoms with Gasteiger partial charge in [0.15, 0.2) is 0 Å². The van der Waals surface area contributed by atoms with Gasteiger partial charge < -0.3 is 20.5 Å². The van der Waals surface area contributed by atoms with Gasteiger partial charge in [-0.2, -0.15) is 0 Å². The molecule has 7 nitrogen and oxygen atoms in total. The summed E-state index contributed by atoms with van der Waals surface area (Å²) in [6.07, 6.45) is 1.70. The van der Waals surface area contributed by atoms with E-state index in [0.717, 1.165) is 35.1 Å². The fourth-order valence-electron chi connectivity index (χ4n) is 5.31. The number of hydrogen-bond donors (Lipinski definition) is 3. The van der Waals surface area contributed by atoms with Gasteiger partial charge in [0.25, 0.3) is 0 Å². The molecule has 4 rings (SSSR count). The van der Waals surface area contributed by atoms with Crippen molar-refractivity contribution >= 4 is 18.0 Å². The van der Waals surface area contributed by atoms with Crippen LogP contribution >= 0.6 is 0 Å². The third-order valence-electron chi connectivity index (χ3n) is 7.02. The monoisotopic (exact) mass is 478 g/mol. The van der Waals surface area contributed by atoms with E-state index in [1.54, 1.807) is 0 Å². The lowest BCUT2D eigenvalue weighted by Crippen LogP contribution is -2.49. The Morgan fingerprint density at radius 3 is 2.14 bits per heavy atom. The number of alkyl carbamates (subject to hydrolysis) is 1. The molecule has 35 heavy (non-hydrogen) atoms. The molecule has 7 heteroatoms.